The van der Waals surface area contributed by atoms with E-state index in [1.54, 1.807) is 12.4 Å². The molecule has 7 nitrogen and oxygen atoms in total. The number of methoxy groups -OCH3 is 1. The summed E-state index contributed by atoms with van der Waals surface area (Å²) in [6.07, 6.45) is 9.48. The van der Waals surface area contributed by atoms with Crippen LogP contribution >= 0.6 is 0 Å². The van der Waals surface area contributed by atoms with Crippen LogP contribution < -0.4 is 10.6 Å². The van der Waals surface area contributed by atoms with E-state index < -0.39 is 17.7 Å². The van der Waals surface area contributed by atoms with E-state index in [4.69, 9.17) is 10.1 Å². The second-order valence-electron chi connectivity index (χ2n) is 11.3. The van der Waals surface area contributed by atoms with Crippen LogP contribution in [0.15, 0.2) is 96.2 Å². The smallest absolute Gasteiger partial charge is 0.222 e. The molecule has 1 atom stereocenters. The third kappa shape index (κ3) is 15.4. The maximum absolute atomic E-state index is 13.2. The summed E-state index contributed by atoms with van der Waals surface area (Å²) >= 11 is 0. The summed E-state index contributed by atoms with van der Waals surface area (Å²) in [7, 11) is 3.39. The first-order chi connectivity index (χ1) is 23.2. The Morgan fingerprint density at radius 1 is 0.938 bits per heavy atom. The molecule has 0 aliphatic carbocycles. The fourth-order valence-electron chi connectivity index (χ4n) is 4.43. The molecule has 4 rings (SSSR count). The number of aliphatic hydroxyl groups excluding tert-OH is 1. The van der Waals surface area contributed by atoms with Gasteiger partial charge in [-0.05, 0) is 73.5 Å². The molecule has 3 aromatic carbocycles. The van der Waals surface area contributed by atoms with Gasteiger partial charge in [-0.15, -0.1) is 0 Å². The average Bonchev–Trinajstić information content (AvgIpc) is 3.11. The number of aromatic nitrogens is 1. The molecular formula is C39H51F2N5O2. The van der Waals surface area contributed by atoms with E-state index in [2.05, 4.69) is 58.7 Å². The quantitative estimate of drug-likeness (QED) is 0.0655. The van der Waals surface area contributed by atoms with Gasteiger partial charge in [0.15, 0.2) is 11.6 Å². The molecule has 48 heavy (non-hydrogen) atoms. The van der Waals surface area contributed by atoms with Crippen molar-refractivity contribution in [1.82, 2.24) is 10.3 Å². The minimum atomic E-state index is -0.931. The monoisotopic (exact) mass is 659 g/mol. The highest BCUT2D eigenvalue weighted by molar-refractivity contribution is 6.02. The number of halogens is 2. The number of amidine groups is 1. The summed E-state index contributed by atoms with van der Waals surface area (Å²) in [6.45, 7) is 7.82. The van der Waals surface area contributed by atoms with Gasteiger partial charge in [0.25, 0.3) is 0 Å². The number of benzene rings is 3. The fourth-order valence-corrected chi connectivity index (χ4v) is 4.43. The summed E-state index contributed by atoms with van der Waals surface area (Å²) in [4.78, 5) is 8.11. The van der Waals surface area contributed by atoms with Gasteiger partial charge >= 0.3 is 0 Å². The van der Waals surface area contributed by atoms with Gasteiger partial charge in [-0.1, -0.05) is 81.5 Å². The first-order valence-corrected chi connectivity index (χ1v) is 16.5. The van der Waals surface area contributed by atoms with Crippen molar-refractivity contribution in [3.63, 3.8) is 0 Å². The van der Waals surface area contributed by atoms with Crippen molar-refractivity contribution in [3.05, 3.63) is 131 Å². The summed E-state index contributed by atoms with van der Waals surface area (Å²) in [5, 5.41) is 24.2. The van der Waals surface area contributed by atoms with E-state index in [0.29, 0.717) is 18.0 Å². The molecule has 4 aromatic rings. The maximum atomic E-state index is 13.2. The van der Waals surface area contributed by atoms with Crippen LogP contribution in [0.25, 0.3) is 0 Å². The lowest BCUT2D eigenvalue weighted by molar-refractivity contribution is 0.174. The van der Waals surface area contributed by atoms with Gasteiger partial charge in [-0.25, -0.2) is 8.78 Å². The fraction of sp³-hybridized carbons (Fsp3) is 0.359. The van der Waals surface area contributed by atoms with E-state index in [1.165, 1.54) is 44.4 Å². The summed E-state index contributed by atoms with van der Waals surface area (Å²) < 4.78 is 31.2. The lowest BCUT2D eigenvalue weighted by Crippen LogP contribution is -2.23. The molecule has 0 saturated carbocycles. The molecule has 0 aliphatic heterocycles. The molecule has 0 radical (unpaired) electrons. The average molecular weight is 660 g/mol. The van der Waals surface area contributed by atoms with E-state index >= 15 is 0 Å². The van der Waals surface area contributed by atoms with Crippen LogP contribution in [-0.4, -0.2) is 49.1 Å². The van der Waals surface area contributed by atoms with Gasteiger partial charge < -0.3 is 20.5 Å². The minimum absolute atomic E-state index is 0.00318. The van der Waals surface area contributed by atoms with Crippen LogP contribution in [0.1, 0.15) is 73.5 Å². The second-order valence-corrected chi connectivity index (χ2v) is 11.3. The third-order valence-corrected chi connectivity index (χ3v) is 7.28. The number of nitrogens with one attached hydrogen (secondary N) is 3. The number of rotatable bonds is 13. The zero-order valence-corrected chi connectivity index (χ0v) is 28.9. The van der Waals surface area contributed by atoms with Crippen LogP contribution in [0.5, 0.6) is 0 Å². The molecule has 4 N–H and O–H groups in total. The Hall–Kier alpha value is -4.47. The number of nitrogens with zero attached hydrogens (tertiary/aromatic N) is 2. The molecule has 0 fully saturated rings. The molecule has 0 saturated heterocycles. The number of anilines is 1. The first kappa shape index (κ1) is 39.7. The normalized spacial score (nSPS) is 11.4. The first-order valence-electron chi connectivity index (χ1n) is 16.5. The molecular weight excluding hydrogens is 608 g/mol. The Labute approximate surface area is 285 Å². The molecule has 9 heteroatoms. The Kier molecular flexibility index (Phi) is 19.0. The summed E-state index contributed by atoms with van der Waals surface area (Å²) in [6, 6.07) is 23.2. The molecule has 1 heterocycles. The van der Waals surface area contributed by atoms with E-state index in [9.17, 15) is 13.9 Å². The molecule has 1 aromatic heterocycles. The summed E-state index contributed by atoms with van der Waals surface area (Å²) in [5.41, 5.74) is 5.59. The highest BCUT2D eigenvalue weighted by Crippen LogP contribution is 2.12. The number of hydrogen-bond donors (Lipinski definition) is 4. The van der Waals surface area contributed by atoms with Crippen molar-refractivity contribution in [2.45, 2.75) is 65.4 Å². The van der Waals surface area contributed by atoms with Gasteiger partial charge in [0.05, 0.1) is 13.2 Å². The Morgan fingerprint density at radius 3 is 2.17 bits per heavy atom. The highest BCUT2D eigenvalue weighted by Gasteiger charge is 2.08. The van der Waals surface area contributed by atoms with Crippen LogP contribution in [-0.2, 0) is 17.6 Å². The van der Waals surface area contributed by atoms with Crippen molar-refractivity contribution in [2.75, 3.05) is 32.6 Å². The van der Waals surface area contributed by atoms with E-state index in [1.807, 2.05) is 50.4 Å². The number of hydrogen-bond acceptors (Lipinski definition) is 6. The number of unbranched alkanes of at least 4 members (excludes halogenated alkanes) is 3. The van der Waals surface area contributed by atoms with Crippen molar-refractivity contribution < 1.29 is 18.6 Å². The highest BCUT2D eigenvalue weighted by atomic mass is 19.2. The SMILES string of the molecule is CCCCCC.CNc1ccc(CCNC[C@H](O)c2cccnc2)cc1.COC(=NC(=N)Cc1ccc(F)c(F)c1)c1ccc(C)cc1. The van der Waals surface area contributed by atoms with Crippen molar-refractivity contribution >= 4 is 17.4 Å². The number of aliphatic hydroxyl groups is 1. The second kappa shape index (κ2) is 23.0. The largest absolute Gasteiger partial charge is 0.481 e. The Bertz CT molecular complexity index is 1490. The predicted molar refractivity (Wildman–Crippen MR) is 194 cm³/mol. The maximum Gasteiger partial charge on any atom is 0.222 e. The van der Waals surface area contributed by atoms with E-state index in [0.717, 1.165) is 47.5 Å². The van der Waals surface area contributed by atoms with Crippen LogP contribution in [0.4, 0.5) is 14.5 Å². The molecule has 0 bridgehead atoms. The number of pyridine rings is 1. The Balaban J connectivity index is 0.000000286. The molecule has 258 valence electrons. The molecule has 0 aliphatic rings. The van der Waals surface area contributed by atoms with Gasteiger partial charge in [0, 0.05) is 49.2 Å². The summed E-state index contributed by atoms with van der Waals surface area (Å²) in [5.74, 6) is -1.52. The minimum Gasteiger partial charge on any atom is -0.481 e. The van der Waals surface area contributed by atoms with Gasteiger partial charge in [-0.2, -0.15) is 4.99 Å². The lowest BCUT2D eigenvalue weighted by atomic mass is 10.1. The van der Waals surface area contributed by atoms with Gasteiger partial charge in [0.1, 0.15) is 5.84 Å². The topological polar surface area (TPSA) is 103 Å². The molecule has 0 spiro atoms. The van der Waals surface area contributed by atoms with Crippen molar-refractivity contribution in [3.8, 4) is 0 Å². The van der Waals surface area contributed by atoms with Crippen LogP contribution in [0.3, 0.4) is 0 Å². The van der Waals surface area contributed by atoms with Crippen molar-refractivity contribution in [2.24, 2.45) is 4.99 Å². The van der Waals surface area contributed by atoms with Gasteiger partial charge in [0.2, 0.25) is 5.90 Å². The van der Waals surface area contributed by atoms with Crippen molar-refractivity contribution in [1.29, 1.82) is 5.41 Å². The lowest BCUT2D eigenvalue weighted by Gasteiger charge is -2.11. The van der Waals surface area contributed by atoms with Crippen LogP contribution in [0, 0.1) is 24.0 Å². The molecule has 0 amide bonds. The van der Waals surface area contributed by atoms with Crippen LogP contribution in [0.2, 0.25) is 0 Å². The Morgan fingerprint density at radius 2 is 1.60 bits per heavy atom. The number of aryl methyl sites for hydroxylation is 1. The predicted octanol–water partition coefficient (Wildman–Crippen LogP) is 8.46. The third-order valence-electron chi connectivity index (χ3n) is 7.28. The van der Waals surface area contributed by atoms with E-state index in [-0.39, 0.29) is 12.3 Å². The molecule has 0 unspecified atom stereocenters. The zero-order valence-electron chi connectivity index (χ0n) is 28.9. The van der Waals surface area contributed by atoms with Gasteiger partial charge in [-0.3, -0.25) is 10.4 Å². The zero-order chi connectivity index (χ0) is 35.1. The standard InChI is InChI=1S/C17H16F2N2O.C16H21N3O.C6H14/c1-11-3-6-13(7-4-11)17(22-2)21-16(20)10-12-5-8-14(18)15(19)9-12;1-17-15-6-4-13(5-7-15)8-10-19-12-16(20)14-3-2-9-18-11-14;1-3-5-6-4-2/h3-9,20H,10H2,1-2H3;2-7,9,11,16-17,19-20H,8,10,12H2,1H3;3-6H2,1-2H3/t;16-;/m.0./s1. The number of ether oxygens (including phenoxy) is 1. The number of aliphatic imine (C=N–C) groups is 1.